The molecule has 2 N–H and O–H groups in total. The fourth-order valence-electron chi connectivity index (χ4n) is 3.70. The van der Waals surface area contributed by atoms with Crippen LogP contribution in [0.15, 0.2) is 36.5 Å². The number of nitrogens with zero attached hydrogens (tertiary/aromatic N) is 4. The van der Waals surface area contributed by atoms with E-state index in [0.29, 0.717) is 41.8 Å². The molecule has 0 amide bonds. The number of benzene rings is 1. The average molecular weight is 451 g/mol. The summed E-state index contributed by atoms with van der Waals surface area (Å²) in [5, 5.41) is 12.1. The number of ether oxygens (including phenoxy) is 3. The van der Waals surface area contributed by atoms with Gasteiger partial charge in [0.15, 0.2) is 11.5 Å². The van der Waals surface area contributed by atoms with Crippen molar-refractivity contribution in [2.45, 2.75) is 19.3 Å². The van der Waals surface area contributed by atoms with E-state index in [1.165, 1.54) is 0 Å². The SMILES string of the molecule is COc1cc(Nc2ncc3c(n2)N(c2cccc(CCC(=O)O)n2)CC3)cc(OC)c1OC. The number of aryl methyl sites for hydroxylation is 1. The summed E-state index contributed by atoms with van der Waals surface area (Å²) in [6, 6.07) is 9.18. The maximum Gasteiger partial charge on any atom is 0.303 e. The number of carboxylic acids is 1. The van der Waals surface area contributed by atoms with Gasteiger partial charge in [0.05, 0.1) is 27.8 Å². The Morgan fingerprint density at radius 2 is 1.88 bits per heavy atom. The van der Waals surface area contributed by atoms with Gasteiger partial charge in [-0.05, 0) is 18.6 Å². The number of nitrogens with one attached hydrogen (secondary N) is 1. The zero-order valence-electron chi connectivity index (χ0n) is 18.7. The van der Waals surface area contributed by atoms with Crippen molar-refractivity contribution in [2.75, 3.05) is 38.1 Å². The number of carbonyl (C=O) groups is 1. The lowest BCUT2D eigenvalue weighted by Crippen LogP contribution is -2.17. The van der Waals surface area contributed by atoms with Crippen molar-refractivity contribution >= 4 is 29.2 Å². The fourth-order valence-corrected chi connectivity index (χ4v) is 3.70. The number of rotatable bonds is 9. The third-order valence-electron chi connectivity index (χ3n) is 5.29. The second-order valence-corrected chi connectivity index (χ2v) is 7.36. The third kappa shape index (κ3) is 4.74. The molecule has 0 fully saturated rings. The highest BCUT2D eigenvalue weighted by Gasteiger charge is 2.24. The number of hydrogen-bond acceptors (Lipinski definition) is 9. The first-order valence-electron chi connectivity index (χ1n) is 10.4. The number of anilines is 4. The van der Waals surface area contributed by atoms with Crippen molar-refractivity contribution in [3.8, 4) is 17.2 Å². The molecule has 1 aromatic carbocycles. The molecule has 1 aliphatic heterocycles. The molecule has 1 aliphatic rings. The number of aliphatic carboxylic acids is 1. The first-order valence-corrected chi connectivity index (χ1v) is 10.4. The van der Waals surface area contributed by atoms with Gasteiger partial charge in [-0.2, -0.15) is 4.98 Å². The van der Waals surface area contributed by atoms with Crippen molar-refractivity contribution < 1.29 is 24.1 Å². The third-order valence-corrected chi connectivity index (χ3v) is 5.29. The van der Waals surface area contributed by atoms with E-state index in [4.69, 9.17) is 24.3 Å². The summed E-state index contributed by atoms with van der Waals surface area (Å²) >= 11 is 0. The van der Waals surface area contributed by atoms with E-state index in [9.17, 15) is 4.79 Å². The van der Waals surface area contributed by atoms with Crippen LogP contribution in [0.3, 0.4) is 0 Å². The molecule has 0 bridgehead atoms. The Hall–Kier alpha value is -4.08. The molecule has 0 saturated carbocycles. The van der Waals surface area contributed by atoms with Crippen LogP contribution in [0.1, 0.15) is 17.7 Å². The predicted molar refractivity (Wildman–Crippen MR) is 122 cm³/mol. The number of fused-ring (bicyclic) bond motifs is 1. The first-order chi connectivity index (χ1) is 16.0. The highest BCUT2D eigenvalue weighted by Crippen LogP contribution is 2.40. The van der Waals surface area contributed by atoms with Gasteiger partial charge in [0.2, 0.25) is 11.7 Å². The van der Waals surface area contributed by atoms with Crippen molar-refractivity contribution in [2.24, 2.45) is 0 Å². The molecule has 10 heteroatoms. The Morgan fingerprint density at radius 3 is 2.55 bits per heavy atom. The number of carboxylic acid groups (broad SMARTS) is 1. The van der Waals surface area contributed by atoms with Crippen LogP contribution >= 0.6 is 0 Å². The molecule has 172 valence electrons. The Labute approximate surface area is 191 Å². The fraction of sp³-hybridized carbons (Fsp3) is 0.304. The van der Waals surface area contributed by atoms with Gasteiger partial charge in [-0.25, -0.2) is 9.97 Å². The van der Waals surface area contributed by atoms with Crippen LogP contribution in [-0.4, -0.2) is 53.9 Å². The zero-order chi connectivity index (χ0) is 23.4. The monoisotopic (exact) mass is 451 g/mol. The summed E-state index contributed by atoms with van der Waals surface area (Å²) in [4.78, 5) is 26.7. The molecule has 2 aromatic heterocycles. The summed E-state index contributed by atoms with van der Waals surface area (Å²) < 4.78 is 16.2. The zero-order valence-corrected chi connectivity index (χ0v) is 18.7. The Balaban J connectivity index is 1.60. The van der Waals surface area contributed by atoms with Gasteiger partial charge < -0.3 is 29.5 Å². The highest BCUT2D eigenvalue weighted by atomic mass is 16.5. The van der Waals surface area contributed by atoms with Gasteiger partial charge in [0.25, 0.3) is 0 Å². The lowest BCUT2D eigenvalue weighted by molar-refractivity contribution is -0.136. The van der Waals surface area contributed by atoms with Crippen LogP contribution in [0.25, 0.3) is 0 Å². The quantitative estimate of drug-likeness (QED) is 0.501. The Morgan fingerprint density at radius 1 is 1.12 bits per heavy atom. The van der Waals surface area contributed by atoms with Crippen molar-refractivity contribution in [1.29, 1.82) is 0 Å². The highest BCUT2D eigenvalue weighted by molar-refractivity contribution is 5.69. The van der Waals surface area contributed by atoms with Crippen molar-refractivity contribution in [3.63, 3.8) is 0 Å². The molecule has 0 spiro atoms. The van der Waals surface area contributed by atoms with Crippen molar-refractivity contribution in [3.05, 3.63) is 47.8 Å². The maximum atomic E-state index is 10.9. The van der Waals surface area contributed by atoms with Gasteiger partial charge in [0, 0.05) is 48.2 Å². The molecule has 0 atom stereocenters. The molecule has 4 rings (SSSR count). The van der Waals surface area contributed by atoms with Gasteiger partial charge in [-0.3, -0.25) is 4.79 Å². The van der Waals surface area contributed by atoms with E-state index in [1.54, 1.807) is 39.7 Å². The summed E-state index contributed by atoms with van der Waals surface area (Å²) in [5.41, 5.74) is 2.43. The number of aromatic nitrogens is 3. The molecular formula is C23H25N5O5. The van der Waals surface area contributed by atoms with Gasteiger partial charge >= 0.3 is 5.97 Å². The number of pyridine rings is 1. The standard InChI is InChI=1S/C23H25N5O5/c1-31-17-11-16(12-18(32-2)21(17)33-3)26-23-24-13-14-9-10-28(22(14)27-23)19-6-4-5-15(25-19)7-8-20(29)30/h4-6,11-13H,7-10H2,1-3H3,(H,29,30)(H,24,26,27). The maximum absolute atomic E-state index is 10.9. The van der Waals surface area contributed by atoms with Crippen LogP contribution in [0, 0.1) is 0 Å². The van der Waals surface area contributed by atoms with E-state index >= 15 is 0 Å². The Bertz CT molecular complexity index is 1140. The molecule has 3 aromatic rings. The average Bonchev–Trinajstić information content (AvgIpc) is 3.25. The van der Waals surface area contributed by atoms with E-state index in [1.807, 2.05) is 23.1 Å². The van der Waals surface area contributed by atoms with Gasteiger partial charge in [-0.15, -0.1) is 0 Å². The van der Waals surface area contributed by atoms with Gasteiger partial charge in [-0.1, -0.05) is 6.07 Å². The molecular weight excluding hydrogens is 426 g/mol. The van der Waals surface area contributed by atoms with E-state index in [0.717, 1.165) is 29.3 Å². The number of methoxy groups -OCH3 is 3. The minimum atomic E-state index is -0.844. The summed E-state index contributed by atoms with van der Waals surface area (Å²) in [7, 11) is 4.67. The van der Waals surface area contributed by atoms with Crippen LogP contribution in [-0.2, 0) is 17.6 Å². The van der Waals surface area contributed by atoms with Crippen LogP contribution in [0.5, 0.6) is 17.2 Å². The summed E-state index contributed by atoms with van der Waals surface area (Å²) in [6.45, 7) is 0.715. The van der Waals surface area contributed by atoms with E-state index < -0.39 is 5.97 Å². The van der Waals surface area contributed by atoms with Gasteiger partial charge in [0.1, 0.15) is 11.6 Å². The van der Waals surface area contributed by atoms with E-state index in [-0.39, 0.29) is 6.42 Å². The van der Waals surface area contributed by atoms with Crippen LogP contribution < -0.4 is 24.4 Å². The van der Waals surface area contributed by atoms with Crippen LogP contribution in [0.4, 0.5) is 23.3 Å². The molecule has 3 heterocycles. The smallest absolute Gasteiger partial charge is 0.303 e. The molecule has 0 aliphatic carbocycles. The second-order valence-electron chi connectivity index (χ2n) is 7.36. The normalized spacial score (nSPS) is 12.3. The lowest BCUT2D eigenvalue weighted by atomic mass is 10.2. The topological polar surface area (TPSA) is 119 Å². The minimum Gasteiger partial charge on any atom is -0.493 e. The summed E-state index contributed by atoms with van der Waals surface area (Å²) in [5.74, 6) is 2.60. The molecule has 0 saturated heterocycles. The molecule has 33 heavy (non-hydrogen) atoms. The summed E-state index contributed by atoms with van der Waals surface area (Å²) in [6.07, 6.45) is 3.01. The molecule has 0 unspecified atom stereocenters. The Kier molecular flexibility index (Phi) is 6.43. The lowest BCUT2D eigenvalue weighted by Gasteiger charge is -2.19. The first kappa shape index (κ1) is 22.1. The van der Waals surface area contributed by atoms with E-state index in [2.05, 4.69) is 15.3 Å². The molecule has 0 radical (unpaired) electrons. The van der Waals surface area contributed by atoms with Crippen LogP contribution in [0.2, 0.25) is 0 Å². The molecule has 10 nitrogen and oxygen atoms in total. The second kappa shape index (κ2) is 9.60. The van der Waals surface area contributed by atoms with Crippen molar-refractivity contribution in [1.82, 2.24) is 15.0 Å². The largest absolute Gasteiger partial charge is 0.493 e. The minimum absolute atomic E-state index is 0.0397. The predicted octanol–water partition coefficient (Wildman–Crippen LogP) is 3.35. The number of hydrogen-bond donors (Lipinski definition) is 2.